The molecule has 124 valence electrons. The average Bonchev–Trinajstić information content (AvgIpc) is 2.32. The van der Waals surface area contributed by atoms with E-state index in [1.54, 1.807) is 4.90 Å². The van der Waals surface area contributed by atoms with Crippen molar-refractivity contribution in [2.24, 2.45) is 5.92 Å². The predicted octanol–water partition coefficient (Wildman–Crippen LogP) is 1.86. The first kappa shape index (κ1) is 19.7. The van der Waals surface area contributed by atoms with Crippen molar-refractivity contribution in [2.45, 2.75) is 52.6 Å². The lowest BCUT2D eigenvalue weighted by Crippen LogP contribution is -2.52. The Morgan fingerprint density at radius 2 is 1.71 bits per heavy atom. The number of urea groups is 1. The van der Waals surface area contributed by atoms with Crippen LogP contribution in [0.1, 0.15) is 40.5 Å². The van der Waals surface area contributed by atoms with Crippen LogP contribution in [0, 0.1) is 5.92 Å². The first-order valence-corrected chi connectivity index (χ1v) is 7.58. The summed E-state index contributed by atoms with van der Waals surface area (Å²) in [6, 6.07) is 0.00938. The number of likely N-dealkylation sites (N-methyl/N-ethyl adjacent to an activating group) is 1. The van der Waals surface area contributed by atoms with Gasteiger partial charge in [-0.3, -0.25) is 4.79 Å². The summed E-state index contributed by atoms with van der Waals surface area (Å²) < 4.78 is 0. The summed E-state index contributed by atoms with van der Waals surface area (Å²) in [6.45, 7) is 9.29. The highest BCUT2D eigenvalue weighted by Gasteiger charge is 2.22. The van der Waals surface area contributed by atoms with Crippen LogP contribution in [0.25, 0.3) is 0 Å². The van der Waals surface area contributed by atoms with Gasteiger partial charge in [0.25, 0.3) is 0 Å². The number of hydrogen-bond donors (Lipinski definition) is 2. The van der Waals surface area contributed by atoms with Gasteiger partial charge in [0, 0.05) is 31.6 Å². The number of nitrogens with zero attached hydrogens (tertiary/aromatic N) is 2. The third-order valence-electron chi connectivity index (χ3n) is 3.35. The summed E-state index contributed by atoms with van der Waals surface area (Å²) in [6.07, 6.45) is 0.558. The molecule has 0 heterocycles. The summed E-state index contributed by atoms with van der Waals surface area (Å²) in [4.78, 5) is 26.7. The lowest BCUT2D eigenvalue weighted by molar-refractivity contribution is -0.137. The molecule has 0 aromatic carbocycles. The van der Waals surface area contributed by atoms with Crippen LogP contribution >= 0.6 is 0 Å². The van der Waals surface area contributed by atoms with Crippen LogP contribution in [-0.2, 0) is 4.79 Å². The molecule has 1 unspecified atom stereocenters. The molecule has 0 saturated carbocycles. The second kappa shape index (κ2) is 9.60. The van der Waals surface area contributed by atoms with Crippen LogP contribution in [0.4, 0.5) is 4.79 Å². The number of carboxylic acid groups (broad SMARTS) is 1. The molecule has 0 aliphatic heterocycles. The molecule has 1 atom stereocenters. The largest absolute Gasteiger partial charge is 0.481 e. The first-order chi connectivity index (χ1) is 9.65. The molecule has 0 fully saturated rings. The molecule has 2 N–H and O–H groups in total. The standard InChI is InChI=1S/C15H31N3O3/c1-11(2)13(10-17(5)6)16-15(21)18(12(3)4)9-7-8-14(19)20/h11-13H,7-10H2,1-6H3,(H,16,21)(H,19,20). The van der Waals surface area contributed by atoms with Crippen molar-refractivity contribution in [1.29, 1.82) is 0 Å². The Hall–Kier alpha value is -1.30. The summed E-state index contributed by atoms with van der Waals surface area (Å²) in [5, 5.41) is 11.8. The van der Waals surface area contributed by atoms with E-state index >= 15 is 0 Å². The number of amides is 2. The lowest BCUT2D eigenvalue weighted by atomic mass is 10.0. The van der Waals surface area contributed by atoms with E-state index < -0.39 is 5.97 Å². The second-order valence-corrected chi connectivity index (χ2v) is 6.35. The quantitative estimate of drug-likeness (QED) is 0.682. The lowest BCUT2D eigenvalue weighted by Gasteiger charge is -2.32. The number of carbonyl (C=O) groups excluding carboxylic acids is 1. The van der Waals surface area contributed by atoms with Gasteiger partial charge in [0.1, 0.15) is 0 Å². The van der Waals surface area contributed by atoms with Crippen LogP contribution in [0.3, 0.4) is 0 Å². The maximum Gasteiger partial charge on any atom is 0.317 e. The van der Waals surface area contributed by atoms with E-state index in [0.29, 0.717) is 18.9 Å². The molecular weight excluding hydrogens is 270 g/mol. The van der Waals surface area contributed by atoms with E-state index in [1.807, 2.05) is 27.9 Å². The highest BCUT2D eigenvalue weighted by atomic mass is 16.4. The van der Waals surface area contributed by atoms with Crippen molar-refractivity contribution < 1.29 is 14.7 Å². The minimum atomic E-state index is -0.827. The fourth-order valence-corrected chi connectivity index (χ4v) is 2.05. The molecule has 6 nitrogen and oxygen atoms in total. The Balaban J connectivity index is 4.60. The summed E-state index contributed by atoms with van der Waals surface area (Å²) in [5.74, 6) is -0.490. The van der Waals surface area contributed by atoms with Crippen LogP contribution in [-0.4, -0.2) is 66.2 Å². The first-order valence-electron chi connectivity index (χ1n) is 7.58. The maximum absolute atomic E-state index is 12.4. The smallest absolute Gasteiger partial charge is 0.317 e. The molecular formula is C15H31N3O3. The highest BCUT2D eigenvalue weighted by molar-refractivity contribution is 5.75. The molecule has 0 bridgehead atoms. The molecule has 21 heavy (non-hydrogen) atoms. The molecule has 0 aliphatic carbocycles. The molecule has 0 saturated heterocycles. The summed E-state index contributed by atoms with van der Waals surface area (Å²) in [7, 11) is 3.96. The number of carbonyl (C=O) groups is 2. The van der Waals surface area contributed by atoms with Gasteiger partial charge in [-0.05, 0) is 40.3 Å². The number of aliphatic carboxylic acids is 1. The fraction of sp³-hybridized carbons (Fsp3) is 0.867. The fourth-order valence-electron chi connectivity index (χ4n) is 2.05. The van der Waals surface area contributed by atoms with E-state index in [-0.39, 0.29) is 24.5 Å². The Bertz CT molecular complexity index is 330. The van der Waals surface area contributed by atoms with Gasteiger partial charge in [-0.15, -0.1) is 0 Å². The SMILES string of the molecule is CC(C)C(CN(C)C)NC(=O)N(CCCC(=O)O)C(C)C. The van der Waals surface area contributed by atoms with Gasteiger partial charge in [0.05, 0.1) is 0 Å². The maximum atomic E-state index is 12.4. The Labute approximate surface area is 128 Å². The van der Waals surface area contributed by atoms with E-state index in [2.05, 4.69) is 24.1 Å². The highest BCUT2D eigenvalue weighted by Crippen LogP contribution is 2.07. The number of rotatable bonds is 9. The monoisotopic (exact) mass is 301 g/mol. The molecule has 0 spiro atoms. The molecule has 0 aliphatic rings. The predicted molar refractivity (Wildman–Crippen MR) is 84.4 cm³/mol. The van der Waals surface area contributed by atoms with Gasteiger partial charge >= 0.3 is 12.0 Å². The number of hydrogen-bond acceptors (Lipinski definition) is 3. The Morgan fingerprint density at radius 1 is 1.14 bits per heavy atom. The van der Waals surface area contributed by atoms with Gasteiger partial charge in [-0.25, -0.2) is 4.79 Å². The van der Waals surface area contributed by atoms with Gasteiger partial charge in [0.2, 0.25) is 0 Å². The topological polar surface area (TPSA) is 72.9 Å². The van der Waals surface area contributed by atoms with Crippen molar-refractivity contribution in [3.8, 4) is 0 Å². The van der Waals surface area contributed by atoms with E-state index in [0.717, 1.165) is 6.54 Å². The third-order valence-corrected chi connectivity index (χ3v) is 3.35. The summed E-state index contributed by atoms with van der Waals surface area (Å²) in [5.41, 5.74) is 0. The van der Waals surface area contributed by atoms with Gasteiger partial charge in [-0.1, -0.05) is 13.8 Å². The van der Waals surface area contributed by atoms with Crippen molar-refractivity contribution >= 4 is 12.0 Å². The van der Waals surface area contributed by atoms with Gasteiger partial charge in [-0.2, -0.15) is 0 Å². The summed E-state index contributed by atoms with van der Waals surface area (Å²) >= 11 is 0. The molecule has 0 radical (unpaired) electrons. The van der Waals surface area contributed by atoms with E-state index in [4.69, 9.17) is 5.11 Å². The third kappa shape index (κ3) is 8.55. The normalized spacial score (nSPS) is 12.8. The minimum absolute atomic E-state index is 0.0472. The average molecular weight is 301 g/mol. The van der Waals surface area contributed by atoms with Gasteiger partial charge in [0.15, 0.2) is 0 Å². The van der Waals surface area contributed by atoms with Crippen LogP contribution in [0.2, 0.25) is 0 Å². The second-order valence-electron chi connectivity index (χ2n) is 6.35. The van der Waals surface area contributed by atoms with Crippen LogP contribution < -0.4 is 5.32 Å². The zero-order chi connectivity index (χ0) is 16.6. The van der Waals surface area contributed by atoms with E-state index in [9.17, 15) is 9.59 Å². The molecule has 0 aromatic rings. The van der Waals surface area contributed by atoms with Gasteiger partial charge < -0.3 is 20.2 Å². The molecule has 0 aromatic heterocycles. The molecule has 6 heteroatoms. The Kier molecular flexibility index (Phi) is 9.01. The number of carboxylic acids is 1. The van der Waals surface area contributed by atoms with Crippen molar-refractivity contribution in [2.75, 3.05) is 27.2 Å². The van der Waals surface area contributed by atoms with Crippen molar-refractivity contribution in [3.05, 3.63) is 0 Å². The number of nitrogens with one attached hydrogen (secondary N) is 1. The van der Waals surface area contributed by atoms with Crippen molar-refractivity contribution in [1.82, 2.24) is 15.1 Å². The Morgan fingerprint density at radius 3 is 2.10 bits per heavy atom. The van der Waals surface area contributed by atoms with E-state index in [1.165, 1.54) is 0 Å². The zero-order valence-electron chi connectivity index (χ0n) is 14.2. The molecule has 0 rings (SSSR count). The molecule has 2 amide bonds. The van der Waals surface area contributed by atoms with Crippen molar-refractivity contribution in [3.63, 3.8) is 0 Å². The minimum Gasteiger partial charge on any atom is -0.481 e. The van der Waals surface area contributed by atoms with Crippen LogP contribution in [0.5, 0.6) is 0 Å². The zero-order valence-corrected chi connectivity index (χ0v) is 14.2. The van der Waals surface area contributed by atoms with Crippen LogP contribution in [0.15, 0.2) is 0 Å².